The maximum absolute atomic E-state index is 10.7. The van der Waals surface area contributed by atoms with Crippen LogP contribution >= 0.6 is 0 Å². The Hall–Kier alpha value is -1.85. The van der Waals surface area contributed by atoms with E-state index in [1.54, 1.807) is 17.0 Å². The Kier molecular flexibility index (Phi) is 4.04. The number of carbonyl (C=O) groups is 1. The van der Waals surface area contributed by atoms with Gasteiger partial charge in [-0.25, -0.2) is 0 Å². The van der Waals surface area contributed by atoms with Crippen LogP contribution in [-0.4, -0.2) is 41.0 Å². The molecule has 0 amide bonds. The van der Waals surface area contributed by atoms with Gasteiger partial charge in [0.2, 0.25) is 5.88 Å². The normalized spacial score (nSPS) is 10.2. The van der Waals surface area contributed by atoms with Crippen molar-refractivity contribution in [2.45, 2.75) is 19.9 Å². The highest BCUT2D eigenvalue weighted by Crippen LogP contribution is 2.14. The second-order valence-electron chi connectivity index (χ2n) is 3.55. The molecule has 0 fully saturated rings. The lowest BCUT2D eigenvalue weighted by molar-refractivity contribution is -0.135. The Balaban J connectivity index is 2.88. The zero-order valence-corrected chi connectivity index (χ0v) is 9.54. The minimum atomic E-state index is -0.897. The summed E-state index contributed by atoms with van der Waals surface area (Å²) >= 11 is 0. The second-order valence-corrected chi connectivity index (χ2v) is 3.55. The van der Waals surface area contributed by atoms with Crippen LogP contribution in [-0.2, 0) is 4.79 Å². The van der Waals surface area contributed by atoms with Crippen LogP contribution in [0.25, 0.3) is 0 Å². The van der Waals surface area contributed by atoms with Crippen LogP contribution in [0.3, 0.4) is 0 Å². The first kappa shape index (κ1) is 12.2. The van der Waals surface area contributed by atoms with Gasteiger partial charge in [-0.2, -0.15) is 0 Å². The molecule has 1 heterocycles. The molecule has 0 bridgehead atoms. The van der Waals surface area contributed by atoms with Gasteiger partial charge in [0.15, 0.2) is 5.82 Å². The average molecular weight is 225 g/mol. The van der Waals surface area contributed by atoms with E-state index in [1.165, 1.54) is 7.11 Å². The van der Waals surface area contributed by atoms with E-state index in [4.69, 9.17) is 9.84 Å². The van der Waals surface area contributed by atoms with Crippen molar-refractivity contribution in [3.63, 3.8) is 0 Å². The highest BCUT2D eigenvalue weighted by Gasteiger charge is 2.15. The van der Waals surface area contributed by atoms with Gasteiger partial charge in [0.25, 0.3) is 0 Å². The smallest absolute Gasteiger partial charge is 0.323 e. The molecule has 0 aromatic carbocycles. The molecule has 0 aliphatic rings. The van der Waals surface area contributed by atoms with Crippen LogP contribution in [0.4, 0.5) is 5.82 Å². The lowest BCUT2D eigenvalue weighted by Gasteiger charge is -2.25. The number of anilines is 1. The van der Waals surface area contributed by atoms with Gasteiger partial charge in [0.1, 0.15) is 6.54 Å². The number of aromatic nitrogens is 2. The highest BCUT2D eigenvalue weighted by molar-refractivity contribution is 5.73. The summed E-state index contributed by atoms with van der Waals surface area (Å²) in [5, 5.41) is 16.5. The fourth-order valence-electron chi connectivity index (χ4n) is 1.25. The van der Waals surface area contributed by atoms with Crippen LogP contribution < -0.4 is 9.64 Å². The van der Waals surface area contributed by atoms with E-state index in [0.29, 0.717) is 11.7 Å². The number of ether oxygens (including phenoxy) is 1. The Morgan fingerprint density at radius 1 is 1.50 bits per heavy atom. The predicted molar refractivity (Wildman–Crippen MR) is 58.7 cm³/mol. The summed E-state index contributed by atoms with van der Waals surface area (Å²) < 4.78 is 4.88. The molecular weight excluding hydrogens is 210 g/mol. The number of carboxylic acid groups (broad SMARTS) is 1. The monoisotopic (exact) mass is 225 g/mol. The van der Waals surface area contributed by atoms with Crippen molar-refractivity contribution in [1.29, 1.82) is 0 Å². The Morgan fingerprint density at radius 3 is 2.56 bits per heavy atom. The molecule has 1 rings (SSSR count). The topological polar surface area (TPSA) is 75.5 Å². The fraction of sp³-hybridized carbons (Fsp3) is 0.500. The molecule has 1 aromatic heterocycles. The third-order valence-electron chi connectivity index (χ3n) is 2.06. The largest absolute Gasteiger partial charge is 0.480 e. The third-order valence-corrected chi connectivity index (χ3v) is 2.06. The molecule has 6 heteroatoms. The predicted octanol–water partition coefficient (Wildman–Crippen LogP) is 0.785. The van der Waals surface area contributed by atoms with Gasteiger partial charge in [0.05, 0.1) is 7.11 Å². The molecule has 0 saturated carbocycles. The van der Waals surface area contributed by atoms with E-state index < -0.39 is 5.97 Å². The summed E-state index contributed by atoms with van der Waals surface area (Å²) in [6, 6.07) is 3.38. The van der Waals surface area contributed by atoms with Gasteiger partial charge in [-0.05, 0) is 19.9 Å². The number of hydrogen-bond donors (Lipinski definition) is 1. The molecule has 1 N–H and O–H groups in total. The Labute approximate surface area is 93.9 Å². The molecule has 88 valence electrons. The highest BCUT2D eigenvalue weighted by atomic mass is 16.5. The third kappa shape index (κ3) is 3.08. The molecule has 0 atom stereocenters. The number of nitrogens with zero attached hydrogens (tertiary/aromatic N) is 3. The zero-order chi connectivity index (χ0) is 12.1. The molecule has 0 unspecified atom stereocenters. The van der Waals surface area contributed by atoms with Crippen LogP contribution in [0.2, 0.25) is 0 Å². The maximum atomic E-state index is 10.7. The van der Waals surface area contributed by atoms with Crippen LogP contribution in [0.5, 0.6) is 5.88 Å². The van der Waals surface area contributed by atoms with E-state index in [-0.39, 0.29) is 12.6 Å². The number of methoxy groups -OCH3 is 1. The minimum absolute atomic E-state index is 0.0406. The van der Waals surface area contributed by atoms with E-state index in [9.17, 15) is 4.79 Å². The van der Waals surface area contributed by atoms with Gasteiger partial charge in [-0.15, -0.1) is 10.2 Å². The molecule has 0 radical (unpaired) electrons. The van der Waals surface area contributed by atoms with Crippen molar-refractivity contribution in [3.8, 4) is 5.88 Å². The first-order valence-electron chi connectivity index (χ1n) is 4.90. The Bertz CT molecular complexity index is 351. The second kappa shape index (κ2) is 5.29. The molecule has 0 aliphatic carbocycles. The number of hydrogen-bond acceptors (Lipinski definition) is 5. The van der Waals surface area contributed by atoms with Crippen molar-refractivity contribution in [2.24, 2.45) is 0 Å². The van der Waals surface area contributed by atoms with Crippen LogP contribution in [0.1, 0.15) is 13.8 Å². The van der Waals surface area contributed by atoms with Gasteiger partial charge < -0.3 is 14.7 Å². The average Bonchev–Trinajstić information content (AvgIpc) is 2.25. The lowest BCUT2D eigenvalue weighted by Crippen LogP contribution is -2.36. The van der Waals surface area contributed by atoms with Gasteiger partial charge >= 0.3 is 5.97 Å². The molecular formula is C10H15N3O3. The van der Waals surface area contributed by atoms with Crippen LogP contribution in [0.15, 0.2) is 12.1 Å². The first-order chi connectivity index (χ1) is 7.54. The quantitative estimate of drug-likeness (QED) is 0.798. The zero-order valence-electron chi connectivity index (χ0n) is 9.54. The summed E-state index contributed by atoms with van der Waals surface area (Å²) in [6.07, 6.45) is 0. The van der Waals surface area contributed by atoms with Gasteiger partial charge in [0, 0.05) is 12.1 Å². The molecule has 16 heavy (non-hydrogen) atoms. The molecule has 0 saturated heterocycles. The summed E-state index contributed by atoms with van der Waals surface area (Å²) in [6.45, 7) is 3.70. The van der Waals surface area contributed by atoms with Crippen molar-refractivity contribution >= 4 is 11.8 Å². The SMILES string of the molecule is COc1ccc(N(CC(=O)O)C(C)C)nn1. The lowest BCUT2D eigenvalue weighted by atomic mass is 10.3. The van der Waals surface area contributed by atoms with Crippen molar-refractivity contribution in [1.82, 2.24) is 10.2 Å². The first-order valence-corrected chi connectivity index (χ1v) is 4.90. The standard InChI is InChI=1S/C10H15N3O3/c1-7(2)13(6-10(14)15)8-4-5-9(16-3)12-11-8/h4-5,7H,6H2,1-3H3,(H,14,15). The van der Waals surface area contributed by atoms with Gasteiger partial charge in [-0.1, -0.05) is 0 Å². The number of rotatable bonds is 5. The summed E-state index contributed by atoms with van der Waals surface area (Å²) in [5.41, 5.74) is 0. The molecule has 0 spiro atoms. The van der Waals surface area contributed by atoms with E-state index >= 15 is 0 Å². The summed E-state index contributed by atoms with van der Waals surface area (Å²) in [7, 11) is 1.50. The number of carboxylic acids is 1. The Morgan fingerprint density at radius 2 is 2.19 bits per heavy atom. The van der Waals surface area contributed by atoms with E-state index in [1.807, 2.05) is 13.8 Å². The van der Waals surface area contributed by atoms with Crippen molar-refractivity contribution in [2.75, 3.05) is 18.6 Å². The molecule has 1 aromatic rings. The van der Waals surface area contributed by atoms with E-state index in [0.717, 1.165) is 0 Å². The van der Waals surface area contributed by atoms with Gasteiger partial charge in [-0.3, -0.25) is 4.79 Å². The van der Waals surface area contributed by atoms with E-state index in [2.05, 4.69) is 10.2 Å². The fourth-order valence-corrected chi connectivity index (χ4v) is 1.25. The molecule has 0 aliphatic heterocycles. The summed E-state index contributed by atoms with van der Waals surface area (Å²) in [5.74, 6) is 0.0345. The maximum Gasteiger partial charge on any atom is 0.323 e. The minimum Gasteiger partial charge on any atom is -0.480 e. The summed E-state index contributed by atoms with van der Waals surface area (Å²) in [4.78, 5) is 12.3. The van der Waals surface area contributed by atoms with Crippen molar-refractivity contribution in [3.05, 3.63) is 12.1 Å². The molecule has 6 nitrogen and oxygen atoms in total. The van der Waals surface area contributed by atoms with Crippen molar-refractivity contribution < 1.29 is 14.6 Å². The number of aliphatic carboxylic acids is 1. The van der Waals surface area contributed by atoms with Crippen LogP contribution in [0, 0.1) is 0 Å².